The van der Waals surface area contributed by atoms with E-state index in [-0.39, 0.29) is 38.5 Å². The Labute approximate surface area is 322 Å². The number of carbonyl (C=O) groups excluding carboxylic acids is 2. The van der Waals surface area contributed by atoms with Gasteiger partial charge in [0.05, 0.1) is 13.2 Å². The molecular weight excluding hydrogens is 689 g/mol. The number of phosphoric ester groups is 1. The zero-order valence-corrected chi connectivity index (χ0v) is 33.8. The van der Waals surface area contributed by atoms with Crippen LogP contribution in [-0.2, 0) is 27.9 Å². The molecule has 0 spiro atoms. The summed E-state index contributed by atoms with van der Waals surface area (Å²) in [5.74, 6) is -0.658. The van der Waals surface area contributed by atoms with E-state index in [1.807, 2.05) is 12.2 Å². The molecular formula is C43H72NO8P. The van der Waals surface area contributed by atoms with E-state index in [0.29, 0.717) is 0 Å². The molecule has 0 aromatic heterocycles. The van der Waals surface area contributed by atoms with Crippen molar-refractivity contribution >= 4 is 19.7 Å². The first kappa shape index (κ1) is 50.2. The van der Waals surface area contributed by atoms with Crippen molar-refractivity contribution in [2.75, 3.05) is 26.4 Å². The monoisotopic (exact) mass is 761 g/mol. The number of amides is 1. The summed E-state index contributed by atoms with van der Waals surface area (Å²) in [4.78, 5) is 33.7. The topological polar surface area (TPSA) is 131 Å². The molecule has 0 aliphatic rings. The number of phosphoric acid groups is 1. The molecule has 53 heavy (non-hydrogen) atoms. The van der Waals surface area contributed by atoms with Crippen LogP contribution >= 0.6 is 7.82 Å². The van der Waals surface area contributed by atoms with E-state index in [1.54, 1.807) is 6.08 Å². The zero-order chi connectivity index (χ0) is 38.9. The molecule has 0 aromatic rings. The molecule has 302 valence electrons. The van der Waals surface area contributed by atoms with Gasteiger partial charge in [0.2, 0.25) is 5.91 Å². The normalized spacial score (nSPS) is 14.3. The molecule has 10 heteroatoms. The summed E-state index contributed by atoms with van der Waals surface area (Å²) >= 11 is 0. The van der Waals surface area contributed by atoms with Crippen molar-refractivity contribution in [2.45, 2.75) is 148 Å². The van der Waals surface area contributed by atoms with Gasteiger partial charge in [-0.1, -0.05) is 163 Å². The summed E-state index contributed by atoms with van der Waals surface area (Å²) in [6, 6.07) is 0. The minimum atomic E-state index is -4.44. The largest absolute Gasteiger partial charge is 0.472 e. The number of allylic oxidation sites excluding steroid dienone is 13. The Balaban J connectivity index is 3.78. The Bertz CT molecular complexity index is 1140. The Morgan fingerprint density at radius 1 is 0.604 bits per heavy atom. The molecule has 0 aliphatic heterocycles. The average Bonchev–Trinajstić information content (AvgIpc) is 3.14. The van der Waals surface area contributed by atoms with E-state index in [0.717, 1.165) is 64.2 Å². The maximum atomic E-state index is 12.1. The van der Waals surface area contributed by atoms with Crippen molar-refractivity contribution in [3.63, 3.8) is 0 Å². The van der Waals surface area contributed by atoms with E-state index >= 15 is 0 Å². The summed E-state index contributed by atoms with van der Waals surface area (Å²) in [6.45, 7) is 3.27. The van der Waals surface area contributed by atoms with Gasteiger partial charge >= 0.3 is 13.8 Å². The molecule has 9 nitrogen and oxygen atoms in total. The van der Waals surface area contributed by atoms with E-state index in [2.05, 4.69) is 86.0 Å². The lowest BCUT2D eigenvalue weighted by atomic mass is 10.1. The van der Waals surface area contributed by atoms with Crippen LogP contribution in [0.5, 0.6) is 0 Å². The highest BCUT2D eigenvalue weighted by Crippen LogP contribution is 2.42. The van der Waals surface area contributed by atoms with E-state index in [4.69, 9.17) is 13.8 Å². The number of nitrogens with one attached hydrogen (secondary N) is 1. The van der Waals surface area contributed by atoms with E-state index in [1.165, 1.54) is 51.4 Å². The molecule has 0 aromatic carbocycles. The van der Waals surface area contributed by atoms with Gasteiger partial charge in [0, 0.05) is 19.4 Å². The van der Waals surface area contributed by atoms with E-state index < -0.39 is 26.5 Å². The molecule has 3 N–H and O–H groups in total. The molecule has 0 bridgehead atoms. The van der Waals surface area contributed by atoms with Crippen LogP contribution in [0.4, 0.5) is 0 Å². The Hall–Kier alpha value is -2.81. The third kappa shape index (κ3) is 40.2. The summed E-state index contributed by atoms with van der Waals surface area (Å²) in [6.07, 6.45) is 48.3. The number of esters is 1. The third-order valence-electron chi connectivity index (χ3n) is 7.87. The molecule has 0 rings (SSSR count). The Kier molecular flexibility index (Phi) is 36.8. The van der Waals surface area contributed by atoms with Gasteiger partial charge in [-0.05, 0) is 51.4 Å². The van der Waals surface area contributed by atoms with Crippen LogP contribution in [0.1, 0.15) is 142 Å². The van der Waals surface area contributed by atoms with Gasteiger partial charge in [0.25, 0.3) is 0 Å². The zero-order valence-electron chi connectivity index (χ0n) is 32.9. The SMILES string of the molecule is CC/C=C\C/C=C\C/C=C\C/C=C\C/C=C\C/C=C\C/C=C\CC(=O)NCCOP(=O)(O)OCC(O)COC(=O)CCCCCCCCCCCCC. The molecule has 0 heterocycles. The molecule has 1 amide bonds. The lowest BCUT2D eigenvalue weighted by molar-refractivity contribution is -0.147. The number of hydrogen-bond acceptors (Lipinski definition) is 7. The number of rotatable bonds is 36. The van der Waals surface area contributed by atoms with Crippen LogP contribution in [-0.4, -0.2) is 54.3 Å². The summed E-state index contributed by atoms with van der Waals surface area (Å²) in [5, 5.41) is 12.6. The lowest BCUT2D eigenvalue weighted by Crippen LogP contribution is -2.26. The quantitative estimate of drug-likeness (QED) is 0.0249. The maximum absolute atomic E-state index is 12.1. The third-order valence-corrected chi connectivity index (χ3v) is 8.85. The number of aliphatic hydroxyl groups excluding tert-OH is 1. The van der Waals surface area contributed by atoms with Gasteiger partial charge in [-0.25, -0.2) is 4.57 Å². The number of hydrogen-bond donors (Lipinski definition) is 3. The van der Waals surface area contributed by atoms with Crippen molar-refractivity contribution in [1.29, 1.82) is 0 Å². The van der Waals surface area contributed by atoms with Gasteiger partial charge in [0.1, 0.15) is 12.7 Å². The van der Waals surface area contributed by atoms with Gasteiger partial charge < -0.3 is 20.1 Å². The lowest BCUT2D eigenvalue weighted by Gasteiger charge is -2.15. The van der Waals surface area contributed by atoms with Crippen molar-refractivity contribution in [2.24, 2.45) is 0 Å². The first-order chi connectivity index (χ1) is 25.8. The predicted molar refractivity (Wildman–Crippen MR) is 219 cm³/mol. The first-order valence-corrected chi connectivity index (χ1v) is 21.6. The van der Waals surface area contributed by atoms with Crippen LogP contribution in [0, 0.1) is 0 Å². The summed E-state index contributed by atoms with van der Waals surface area (Å²) < 4.78 is 26.7. The molecule has 2 unspecified atom stereocenters. The minimum absolute atomic E-state index is 0.0208. The second-order valence-corrected chi connectivity index (χ2v) is 14.3. The van der Waals surface area contributed by atoms with Gasteiger partial charge in [0.15, 0.2) is 0 Å². The minimum Gasteiger partial charge on any atom is -0.463 e. The van der Waals surface area contributed by atoms with Crippen molar-refractivity contribution in [1.82, 2.24) is 5.32 Å². The standard InChI is InChI=1S/C43H72NO8P/c1-3-5-7-9-11-13-15-16-17-18-19-20-21-22-23-24-26-27-29-31-33-35-42(46)44-37-38-51-53(48,49)52-40-41(45)39-50-43(47)36-34-32-30-28-25-14-12-10-8-6-4-2/h5,7,11,13,16-17,19-20,22-23,26-27,31,33,41,45H,3-4,6,8-10,12,14-15,18,21,24-25,28-30,32,34-40H2,1-2H3,(H,44,46)(H,48,49)/b7-5-,13-11-,17-16-,20-19-,23-22-,27-26-,33-31-. The number of ether oxygens (including phenoxy) is 1. The fraction of sp³-hybridized carbons (Fsp3) is 0.628. The fourth-order valence-corrected chi connectivity index (χ4v) is 5.62. The van der Waals surface area contributed by atoms with Crippen LogP contribution in [0.15, 0.2) is 85.1 Å². The van der Waals surface area contributed by atoms with Crippen LogP contribution in [0.3, 0.4) is 0 Å². The first-order valence-electron chi connectivity index (χ1n) is 20.1. The Morgan fingerprint density at radius 2 is 1.04 bits per heavy atom. The van der Waals surface area contributed by atoms with Gasteiger partial charge in [-0.2, -0.15) is 0 Å². The summed E-state index contributed by atoms with van der Waals surface area (Å²) in [7, 11) is -4.44. The highest BCUT2D eigenvalue weighted by molar-refractivity contribution is 7.47. The predicted octanol–water partition coefficient (Wildman–Crippen LogP) is 10.9. The second-order valence-electron chi connectivity index (χ2n) is 12.9. The number of carbonyl (C=O) groups is 2. The molecule has 0 saturated heterocycles. The van der Waals surface area contributed by atoms with Crippen molar-refractivity contribution < 1.29 is 37.9 Å². The molecule has 0 fully saturated rings. The maximum Gasteiger partial charge on any atom is 0.472 e. The van der Waals surface area contributed by atoms with Crippen LogP contribution in [0.25, 0.3) is 0 Å². The number of unbranched alkanes of at least 4 members (excludes halogenated alkanes) is 10. The van der Waals surface area contributed by atoms with Crippen molar-refractivity contribution in [3.05, 3.63) is 85.1 Å². The Morgan fingerprint density at radius 3 is 1.51 bits per heavy atom. The van der Waals surface area contributed by atoms with Gasteiger partial charge in [-0.15, -0.1) is 0 Å². The van der Waals surface area contributed by atoms with Crippen LogP contribution in [0.2, 0.25) is 0 Å². The van der Waals surface area contributed by atoms with Crippen molar-refractivity contribution in [3.8, 4) is 0 Å². The van der Waals surface area contributed by atoms with Crippen LogP contribution < -0.4 is 5.32 Å². The number of aliphatic hydroxyl groups is 1. The van der Waals surface area contributed by atoms with E-state index in [9.17, 15) is 24.2 Å². The molecule has 0 radical (unpaired) electrons. The highest BCUT2D eigenvalue weighted by atomic mass is 31.2. The second kappa shape index (κ2) is 38.9. The molecule has 0 saturated carbocycles. The fourth-order valence-electron chi connectivity index (χ4n) is 4.87. The molecule has 0 aliphatic carbocycles. The smallest absolute Gasteiger partial charge is 0.463 e. The average molecular weight is 762 g/mol. The van der Waals surface area contributed by atoms with Gasteiger partial charge in [-0.3, -0.25) is 18.6 Å². The molecule has 2 atom stereocenters. The summed E-state index contributed by atoms with van der Waals surface area (Å²) in [5.41, 5.74) is 0. The highest BCUT2D eigenvalue weighted by Gasteiger charge is 2.23.